The van der Waals surface area contributed by atoms with Gasteiger partial charge in [0.2, 0.25) is 5.95 Å². The fourth-order valence-corrected chi connectivity index (χ4v) is 2.09. The number of urea groups is 1. The van der Waals surface area contributed by atoms with Crippen molar-refractivity contribution in [2.24, 2.45) is 0 Å². The van der Waals surface area contributed by atoms with Crippen LogP contribution in [0.2, 0.25) is 0 Å². The number of hydrogen-bond donors (Lipinski definition) is 5. The third-order valence-electron chi connectivity index (χ3n) is 3.54. The van der Waals surface area contributed by atoms with E-state index in [4.69, 9.17) is 10.2 Å². The van der Waals surface area contributed by atoms with E-state index in [1.807, 2.05) is 0 Å². The van der Waals surface area contributed by atoms with Gasteiger partial charge in [-0.2, -0.15) is 4.39 Å². The molecule has 1 heterocycles. The van der Waals surface area contributed by atoms with Crippen molar-refractivity contribution in [2.45, 2.75) is 38.1 Å². The summed E-state index contributed by atoms with van der Waals surface area (Å²) in [5.74, 6) is -3.69. The van der Waals surface area contributed by atoms with Gasteiger partial charge in [0.1, 0.15) is 6.04 Å². The molecule has 0 aliphatic rings. The third-order valence-corrected chi connectivity index (χ3v) is 3.54. The summed E-state index contributed by atoms with van der Waals surface area (Å²) < 4.78 is 12.6. The van der Waals surface area contributed by atoms with Gasteiger partial charge in [-0.1, -0.05) is 0 Å². The number of halogens is 1. The predicted molar refractivity (Wildman–Crippen MR) is 93.0 cm³/mol. The monoisotopic (exact) mass is 398 g/mol. The van der Waals surface area contributed by atoms with Crippen molar-refractivity contribution in [1.29, 1.82) is 0 Å². The lowest BCUT2D eigenvalue weighted by molar-refractivity contribution is -0.140. The number of aliphatic carboxylic acids is 2. The second-order valence-electron chi connectivity index (χ2n) is 5.78. The van der Waals surface area contributed by atoms with Gasteiger partial charge in [0, 0.05) is 19.5 Å². The SMILES string of the molecule is O=C(O)CC[C@H](NC(=O)NCCCCCNC(=O)c1ccc([18F])nn1)C(=O)O. The van der Waals surface area contributed by atoms with Crippen LogP contribution in [0.5, 0.6) is 0 Å². The number of carbonyl (C=O) groups is 4. The van der Waals surface area contributed by atoms with E-state index in [2.05, 4.69) is 26.1 Å². The van der Waals surface area contributed by atoms with Gasteiger partial charge in [-0.3, -0.25) is 9.59 Å². The van der Waals surface area contributed by atoms with E-state index in [1.54, 1.807) is 0 Å². The van der Waals surface area contributed by atoms with Gasteiger partial charge in [-0.25, -0.2) is 9.59 Å². The molecule has 11 nitrogen and oxygen atoms in total. The molecule has 1 rings (SSSR count). The number of nitrogens with zero attached hydrogens (tertiary/aromatic N) is 2. The maximum absolute atomic E-state index is 12.6. The van der Waals surface area contributed by atoms with Crippen LogP contribution in [-0.2, 0) is 9.59 Å². The Balaban J connectivity index is 2.13. The van der Waals surface area contributed by atoms with Crippen LogP contribution in [-0.4, -0.2) is 63.4 Å². The lowest BCUT2D eigenvalue weighted by Crippen LogP contribution is -2.46. The van der Waals surface area contributed by atoms with Gasteiger partial charge in [0.25, 0.3) is 5.91 Å². The lowest BCUT2D eigenvalue weighted by atomic mass is 10.1. The van der Waals surface area contributed by atoms with Crippen LogP contribution in [0, 0.1) is 5.95 Å². The highest BCUT2D eigenvalue weighted by molar-refractivity contribution is 5.91. The van der Waals surface area contributed by atoms with Gasteiger partial charge in [-0.15, -0.1) is 10.2 Å². The molecule has 0 aromatic carbocycles. The molecule has 1 aromatic rings. The molecule has 0 aliphatic carbocycles. The van der Waals surface area contributed by atoms with Crippen LogP contribution in [0.15, 0.2) is 12.1 Å². The Hall–Kier alpha value is -3.31. The van der Waals surface area contributed by atoms with Crippen molar-refractivity contribution < 1.29 is 33.8 Å². The van der Waals surface area contributed by atoms with E-state index in [1.165, 1.54) is 6.07 Å². The minimum absolute atomic E-state index is 0.00983. The highest BCUT2D eigenvalue weighted by Crippen LogP contribution is 1.99. The molecule has 1 atom stereocenters. The number of hydrogen-bond acceptors (Lipinski definition) is 6. The van der Waals surface area contributed by atoms with Crippen LogP contribution in [0.4, 0.5) is 9.18 Å². The summed E-state index contributed by atoms with van der Waals surface area (Å²) in [5, 5.41) is 31.4. The van der Waals surface area contributed by atoms with Crippen molar-refractivity contribution in [3.8, 4) is 0 Å². The molecule has 154 valence electrons. The highest BCUT2D eigenvalue weighted by atomic mass is 18.2. The molecule has 0 saturated heterocycles. The molecular weight excluding hydrogens is 376 g/mol. The number of rotatable bonds is 12. The Kier molecular flexibility index (Phi) is 9.86. The predicted octanol–water partition coefficient (Wildman–Crippen LogP) is 0.133. The molecule has 3 amide bonds. The summed E-state index contributed by atoms with van der Waals surface area (Å²) in [4.78, 5) is 44.8. The number of unbranched alkanes of at least 4 members (excludes halogenated alkanes) is 2. The molecule has 0 unspecified atom stereocenters. The number of carboxylic acid groups (broad SMARTS) is 2. The van der Waals surface area contributed by atoms with Crippen LogP contribution < -0.4 is 16.0 Å². The Morgan fingerprint density at radius 1 is 1.00 bits per heavy atom. The molecule has 0 spiro atoms. The van der Waals surface area contributed by atoms with E-state index in [-0.39, 0.29) is 25.1 Å². The Morgan fingerprint density at radius 2 is 1.68 bits per heavy atom. The Morgan fingerprint density at radius 3 is 2.25 bits per heavy atom. The van der Waals surface area contributed by atoms with E-state index < -0.39 is 35.9 Å². The van der Waals surface area contributed by atoms with Crippen LogP contribution in [0.25, 0.3) is 0 Å². The first-order valence-electron chi connectivity index (χ1n) is 8.56. The molecule has 0 radical (unpaired) electrons. The maximum atomic E-state index is 12.6. The van der Waals surface area contributed by atoms with Crippen molar-refractivity contribution >= 4 is 23.9 Å². The molecule has 0 fully saturated rings. The zero-order valence-electron chi connectivity index (χ0n) is 15.0. The molecule has 28 heavy (non-hydrogen) atoms. The first kappa shape index (κ1) is 22.7. The Bertz CT molecular complexity index is 685. The fraction of sp³-hybridized carbons (Fsp3) is 0.500. The normalized spacial score (nSPS) is 11.3. The van der Waals surface area contributed by atoms with Crippen LogP contribution >= 0.6 is 0 Å². The number of amides is 3. The van der Waals surface area contributed by atoms with Crippen LogP contribution in [0.3, 0.4) is 0 Å². The molecule has 0 aliphatic heterocycles. The number of carbonyl (C=O) groups excluding carboxylic acids is 2. The number of carboxylic acids is 2. The standard InChI is InChI=1S/C16H22FN5O6/c17-12-6-4-10(21-22-12)14(25)18-8-2-1-3-9-19-16(28)20-11(15(26)27)5-7-13(23)24/h4,6,11H,1-3,5,7-9H2,(H,18,25)(H,23,24)(H,26,27)(H2,19,20,28)/t11-/m0/s1/i17-1. The topological polar surface area (TPSA) is 171 Å². The van der Waals surface area contributed by atoms with Gasteiger partial charge in [0.15, 0.2) is 5.69 Å². The van der Waals surface area contributed by atoms with Crippen molar-refractivity contribution in [2.75, 3.05) is 13.1 Å². The lowest BCUT2D eigenvalue weighted by Gasteiger charge is -2.14. The molecule has 12 heteroatoms. The van der Waals surface area contributed by atoms with E-state index in [9.17, 15) is 23.6 Å². The summed E-state index contributed by atoms with van der Waals surface area (Å²) in [6.07, 6.45) is 1.31. The molecule has 0 saturated carbocycles. The first-order chi connectivity index (χ1) is 13.3. The Labute approximate surface area is 159 Å². The molecule has 1 aromatic heterocycles. The van der Waals surface area contributed by atoms with Gasteiger partial charge >= 0.3 is 18.0 Å². The van der Waals surface area contributed by atoms with Gasteiger partial charge in [0.05, 0.1) is 0 Å². The summed E-state index contributed by atoms with van der Waals surface area (Å²) in [7, 11) is 0. The van der Waals surface area contributed by atoms with Crippen LogP contribution in [0.1, 0.15) is 42.6 Å². The number of aromatic nitrogens is 2. The highest BCUT2D eigenvalue weighted by Gasteiger charge is 2.20. The molecular formula is C16H22FN5O6. The second kappa shape index (κ2) is 12.1. The third kappa shape index (κ3) is 9.40. The number of nitrogens with one attached hydrogen (secondary N) is 3. The second-order valence-corrected chi connectivity index (χ2v) is 5.78. The largest absolute Gasteiger partial charge is 0.481 e. The molecule has 0 bridgehead atoms. The summed E-state index contributed by atoms with van der Waals surface area (Å²) in [6.45, 7) is 0.648. The van der Waals surface area contributed by atoms with Crippen molar-refractivity contribution in [3.63, 3.8) is 0 Å². The van der Waals surface area contributed by atoms with E-state index in [0.29, 0.717) is 25.8 Å². The van der Waals surface area contributed by atoms with E-state index >= 15 is 0 Å². The first-order valence-corrected chi connectivity index (χ1v) is 8.56. The maximum Gasteiger partial charge on any atom is 0.326 e. The summed E-state index contributed by atoms with van der Waals surface area (Å²) >= 11 is 0. The quantitative estimate of drug-likeness (QED) is 0.309. The van der Waals surface area contributed by atoms with E-state index in [0.717, 1.165) is 6.07 Å². The van der Waals surface area contributed by atoms with Crippen molar-refractivity contribution in [3.05, 3.63) is 23.8 Å². The summed E-state index contributed by atoms with van der Waals surface area (Å²) in [6, 6.07) is 0.290. The minimum atomic E-state index is -1.31. The average Bonchev–Trinajstić information content (AvgIpc) is 2.64. The summed E-state index contributed by atoms with van der Waals surface area (Å²) in [5.41, 5.74) is 0.00983. The fourth-order valence-electron chi connectivity index (χ4n) is 2.09. The zero-order chi connectivity index (χ0) is 20.9. The zero-order valence-corrected chi connectivity index (χ0v) is 15.0. The average molecular weight is 398 g/mol. The molecule has 5 N–H and O–H groups in total. The smallest absolute Gasteiger partial charge is 0.326 e. The van der Waals surface area contributed by atoms with Gasteiger partial charge < -0.3 is 26.2 Å². The van der Waals surface area contributed by atoms with Gasteiger partial charge in [-0.05, 0) is 37.8 Å². The minimum Gasteiger partial charge on any atom is -0.481 e. The van der Waals surface area contributed by atoms with Crippen molar-refractivity contribution in [1.82, 2.24) is 26.1 Å².